The maximum atomic E-state index is 5.46. The first-order chi connectivity index (χ1) is 7.79. The monoisotopic (exact) mass is 242 g/mol. The van der Waals surface area contributed by atoms with Crippen molar-refractivity contribution in [3.05, 3.63) is 0 Å². The zero-order valence-electron chi connectivity index (χ0n) is 10.1. The fourth-order valence-corrected chi connectivity index (χ4v) is 3.06. The summed E-state index contributed by atoms with van der Waals surface area (Å²) in [5.74, 6) is 0.660. The molecular weight excluding hydrogens is 220 g/mol. The number of nitrogens with one attached hydrogen (secondary N) is 1. The molecule has 4 heteroatoms. The minimum atomic E-state index is 0.633. The molecule has 1 aliphatic heterocycles. The van der Waals surface area contributed by atoms with Crippen molar-refractivity contribution in [3.63, 3.8) is 0 Å². The molecule has 0 aromatic rings. The topological polar surface area (TPSA) is 24.5 Å². The summed E-state index contributed by atoms with van der Waals surface area (Å²) in [6, 6.07) is 0.633. The molecule has 1 N–H and O–H groups in total. The third kappa shape index (κ3) is 3.08. The molecule has 1 unspecified atom stereocenters. The summed E-state index contributed by atoms with van der Waals surface area (Å²) >= 11 is 5.46. The van der Waals surface area contributed by atoms with Crippen molar-refractivity contribution in [1.82, 2.24) is 10.2 Å². The Morgan fingerprint density at radius 3 is 2.81 bits per heavy atom. The second kappa shape index (κ2) is 5.82. The highest BCUT2D eigenvalue weighted by Gasteiger charge is 2.25. The van der Waals surface area contributed by atoms with Gasteiger partial charge in [0.25, 0.3) is 0 Å². The number of thiocarbonyl (C=S) groups is 1. The molecule has 92 valence electrons. The molecule has 0 aromatic heterocycles. The number of hydrogen-bond acceptors (Lipinski definition) is 2. The van der Waals surface area contributed by atoms with Crippen LogP contribution in [0.3, 0.4) is 0 Å². The molecule has 0 spiro atoms. The van der Waals surface area contributed by atoms with Crippen molar-refractivity contribution < 1.29 is 4.74 Å². The Bertz CT molecular complexity index is 241. The molecular formula is C12H22N2OS. The zero-order valence-corrected chi connectivity index (χ0v) is 10.9. The SMILES string of the molecule is COCC1CCN(C(=S)NC2CCCC2)C1. The molecule has 3 nitrogen and oxygen atoms in total. The van der Waals surface area contributed by atoms with Crippen molar-refractivity contribution in [2.75, 3.05) is 26.8 Å². The van der Waals surface area contributed by atoms with Crippen molar-refractivity contribution in [2.45, 2.75) is 38.1 Å². The fourth-order valence-electron chi connectivity index (χ4n) is 2.72. The summed E-state index contributed by atoms with van der Waals surface area (Å²) in [6.45, 7) is 3.02. The molecule has 1 atom stereocenters. The first-order valence-electron chi connectivity index (χ1n) is 6.34. The van der Waals surface area contributed by atoms with Gasteiger partial charge in [0.05, 0.1) is 6.61 Å². The summed E-state index contributed by atoms with van der Waals surface area (Å²) in [5, 5.41) is 4.46. The highest BCUT2D eigenvalue weighted by Crippen LogP contribution is 2.20. The lowest BCUT2D eigenvalue weighted by atomic mass is 10.1. The van der Waals surface area contributed by atoms with E-state index in [2.05, 4.69) is 10.2 Å². The van der Waals surface area contributed by atoms with Crippen molar-refractivity contribution in [2.24, 2.45) is 5.92 Å². The second-order valence-electron chi connectivity index (χ2n) is 4.99. The van der Waals surface area contributed by atoms with Crippen LogP contribution in [0.2, 0.25) is 0 Å². The smallest absolute Gasteiger partial charge is 0.169 e. The van der Waals surface area contributed by atoms with E-state index < -0.39 is 0 Å². The highest BCUT2D eigenvalue weighted by atomic mass is 32.1. The Morgan fingerprint density at radius 1 is 1.38 bits per heavy atom. The number of nitrogens with zero attached hydrogens (tertiary/aromatic N) is 1. The normalized spacial score (nSPS) is 26.3. The fraction of sp³-hybridized carbons (Fsp3) is 0.917. The minimum Gasteiger partial charge on any atom is -0.384 e. The minimum absolute atomic E-state index is 0.633. The Morgan fingerprint density at radius 2 is 2.12 bits per heavy atom. The molecule has 0 aromatic carbocycles. The van der Waals surface area contributed by atoms with Gasteiger partial charge < -0.3 is 15.0 Å². The summed E-state index contributed by atoms with van der Waals surface area (Å²) in [7, 11) is 1.78. The molecule has 1 saturated heterocycles. The lowest BCUT2D eigenvalue weighted by Crippen LogP contribution is -2.42. The quantitative estimate of drug-likeness (QED) is 0.762. The number of ether oxygens (including phenoxy) is 1. The largest absolute Gasteiger partial charge is 0.384 e. The molecule has 1 heterocycles. The van der Waals surface area contributed by atoms with E-state index in [4.69, 9.17) is 17.0 Å². The Kier molecular flexibility index (Phi) is 4.41. The molecule has 0 radical (unpaired) electrons. The third-order valence-corrected chi connectivity index (χ3v) is 4.03. The van der Waals surface area contributed by atoms with Gasteiger partial charge in [-0.1, -0.05) is 12.8 Å². The van der Waals surface area contributed by atoms with Crippen LogP contribution in [0.5, 0.6) is 0 Å². The van der Waals surface area contributed by atoms with Crippen LogP contribution < -0.4 is 5.32 Å². The van der Waals surface area contributed by atoms with Crippen LogP contribution in [0.15, 0.2) is 0 Å². The van der Waals surface area contributed by atoms with Gasteiger partial charge in [-0.15, -0.1) is 0 Å². The van der Waals surface area contributed by atoms with E-state index in [1.54, 1.807) is 7.11 Å². The first kappa shape index (κ1) is 12.1. The molecule has 0 amide bonds. The standard InChI is InChI=1S/C12H22N2OS/c1-15-9-10-6-7-14(8-10)12(16)13-11-4-2-3-5-11/h10-11H,2-9H2,1H3,(H,13,16). The predicted molar refractivity (Wildman–Crippen MR) is 69.5 cm³/mol. The zero-order chi connectivity index (χ0) is 11.4. The molecule has 16 heavy (non-hydrogen) atoms. The second-order valence-corrected chi connectivity index (χ2v) is 5.37. The average Bonchev–Trinajstić information content (AvgIpc) is 2.89. The molecule has 0 bridgehead atoms. The molecule has 2 fully saturated rings. The summed E-state index contributed by atoms with van der Waals surface area (Å²) in [5.41, 5.74) is 0. The van der Waals surface area contributed by atoms with Crippen molar-refractivity contribution >= 4 is 17.3 Å². The van der Waals surface area contributed by atoms with E-state index in [-0.39, 0.29) is 0 Å². The van der Waals surface area contributed by atoms with Crippen LogP contribution in [-0.2, 0) is 4.74 Å². The highest BCUT2D eigenvalue weighted by molar-refractivity contribution is 7.80. The van der Waals surface area contributed by atoms with E-state index >= 15 is 0 Å². The van der Waals surface area contributed by atoms with Gasteiger partial charge in [-0.2, -0.15) is 0 Å². The Hall–Kier alpha value is -0.350. The van der Waals surface area contributed by atoms with Crippen LogP contribution in [0, 0.1) is 5.92 Å². The summed E-state index contributed by atoms with van der Waals surface area (Å²) in [4.78, 5) is 2.30. The van der Waals surface area contributed by atoms with Crippen molar-refractivity contribution in [3.8, 4) is 0 Å². The maximum absolute atomic E-state index is 5.46. The number of hydrogen-bond donors (Lipinski definition) is 1. The van der Waals surface area contributed by atoms with E-state index in [1.165, 1.54) is 32.1 Å². The molecule has 2 aliphatic rings. The summed E-state index contributed by atoms with van der Waals surface area (Å²) in [6.07, 6.45) is 6.49. The van der Waals surface area contributed by atoms with E-state index in [0.717, 1.165) is 24.8 Å². The lowest BCUT2D eigenvalue weighted by Gasteiger charge is -2.23. The van der Waals surface area contributed by atoms with Gasteiger partial charge in [-0.05, 0) is 31.5 Å². The number of likely N-dealkylation sites (tertiary alicyclic amines) is 1. The van der Waals surface area contributed by atoms with Gasteiger partial charge in [0, 0.05) is 32.2 Å². The van der Waals surface area contributed by atoms with Gasteiger partial charge in [0.2, 0.25) is 0 Å². The Labute approximate surface area is 104 Å². The van der Waals surface area contributed by atoms with Crippen LogP contribution >= 0.6 is 12.2 Å². The van der Waals surface area contributed by atoms with E-state index in [0.29, 0.717) is 12.0 Å². The van der Waals surface area contributed by atoms with Crippen LogP contribution in [0.1, 0.15) is 32.1 Å². The van der Waals surface area contributed by atoms with Crippen molar-refractivity contribution in [1.29, 1.82) is 0 Å². The first-order valence-corrected chi connectivity index (χ1v) is 6.75. The van der Waals surface area contributed by atoms with Gasteiger partial charge in [-0.25, -0.2) is 0 Å². The van der Waals surface area contributed by atoms with Gasteiger partial charge in [0.15, 0.2) is 5.11 Å². The van der Waals surface area contributed by atoms with Crippen LogP contribution in [-0.4, -0.2) is 42.9 Å². The van der Waals surface area contributed by atoms with Gasteiger partial charge >= 0.3 is 0 Å². The molecule has 1 saturated carbocycles. The number of rotatable bonds is 3. The lowest BCUT2D eigenvalue weighted by molar-refractivity contribution is 0.157. The van der Waals surface area contributed by atoms with E-state index in [9.17, 15) is 0 Å². The molecule has 1 aliphatic carbocycles. The van der Waals surface area contributed by atoms with E-state index in [1.807, 2.05) is 0 Å². The Balaban J connectivity index is 1.73. The predicted octanol–water partition coefficient (Wildman–Crippen LogP) is 1.77. The van der Waals surface area contributed by atoms with Gasteiger partial charge in [0.1, 0.15) is 0 Å². The van der Waals surface area contributed by atoms with Crippen LogP contribution in [0.4, 0.5) is 0 Å². The summed E-state index contributed by atoms with van der Waals surface area (Å²) < 4.78 is 5.20. The van der Waals surface area contributed by atoms with Gasteiger partial charge in [-0.3, -0.25) is 0 Å². The maximum Gasteiger partial charge on any atom is 0.169 e. The third-order valence-electron chi connectivity index (χ3n) is 3.66. The number of methoxy groups -OCH3 is 1. The van der Waals surface area contributed by atoms with Crippen LogP contribution in [0.25, 0.3) is 0 Å². The average molecular weight is 242 g/mol. The molecule has 2 rings (SSSR count).